The molecule has 2 N–H and O–H groups in total. The molecule has 1 aliphatic rings. The smallest absolute Gasteiger partial charge is 0.234 e. The number of benzene rings is 1. The molecule has 1 saturated heterocycles. The highest BCUT2D eigenvalue weighted by Gasteiger charge is 2.16. The number of anilines is 3. The number of hydrogen-bond acceptors (Lipinski definition) is 7. The molecule has 1 fully saturated rings. The van der Waals surface area contributed by atoms with Crippen molar-refractivity contribution in [3.63, 3.8) is 0 Å². The fourth-order valence-corrected chi connectivity index (χ4v) is 4.50. The predicted molar refractivity (Wildman–Crippen MR) is 115 cm³/mol. The molecule has 0 atom stereocenters. The number of nitrogens with one attached hydrogen (secondary N) is 2. The number of thioether (sulfide) groups is 1. The van der Waals surface area contributed by atoms with Gasteiger partial charge in [-0.05, 0) is 49.4 Å². The van der Waals surface area contributed by atoms with E-state index < -0.39 is 0 Å². The number of piperidine rings is 1. The topological polar surface area (TPSA) is 70.1 Å². The molecule has 1 aliphatic heterocycles. The van der Waals surface area contributed by atoms with Crippen molar-refractivity contribution in [2.24, 2.45) is 5.92 Å². The molecule has 27 heavy (non-hydrogen) atoms. The fourth-order valence-electron chi connectivity index (χ4n) is 2.92. The largest absolute Gasteiger partial charge is 0.372 e. The summed E-state index contributed by atoms with van der Waals surface area (Å²) in [4.78, 5) is 14.6. The highest BCUT2D eigenvalue weighted by Crippen LogP contribution is 2.26. The van der Waals surface area contributed by atoms with E-state index in [1.54, 1.807) is 0 Å². The Balaban J connectivity index is 1.44. The molecule has 0 radical (unpaired) electrons. The SMILES string of the molecule is CCCNc1nnc(SCC(=O)Nc2ccc(N3CCC(C)CC3)cc2)s1. The van der Waals surface area contributed by atoms with E-state index in [-0.39, 0.29) is 5.91 Å². The molecule has 146 valence electrons. The van der Waals surface area contributed by atoms with E-state index in [1.165, 1.54) is 41.6 Å². The second-order valence-corrected chi connectivity index (χ2v) is 9.05. The number of carbonyl (C=O) groups is 1. The third-order valence-electron chi connectivity index (χ3n) is 4.56. The Hall–Kier alpha value is -1.80. The summed E-state index contributed by atoms with van der Waals surface area (Å²) in [6.07, 6.45) is 3.54. The number of hydrogen-bond donors (Lipinski definition) is 2. The summed E-state index contributed by atoms with van der Waals surface area (Å²) >= 11 is 2.90. The summed E-state index contributed by atoms with van der Waals surface area (Å²) in [5, 5.41) is 15.1. The van der Waals surface area contributed by atoms with Crippen LogP contribution >= 0.6 is 23.1 Å². The standard InChI is InChI=1S/C19H27N5OS2/c1-3-10-20-18-22-23-19(27-18)26-13-17(25)21-15-4-6-16(7-5-15)24-11-8-14(2)9-12-24/h4-7,14H,3,8-13H2,1-2H3,(H,20,22)(H,21,25). The van der Waals surface area contributed by atoms with E-state index in [9.17, 15) is 4.79 Å². The zero-order valence-corrected chi connectivity index (χ0v) is 17.5. The first-order valence-corrected chi connectivity index (χ1v) is 11.3. The number of amides is 1. The van der Waals surface area contributed by atoms with Gasteiger partial charge in [-0.3, -0.25) is 4.79 Å². The van der Waals surface area contributed by atoms with Crippen LogP contribution in [0.2, 0.25) is 0 Å². The Morgan fingerprint density at radius 2 is 2.00 bits per heavy atom. The molecule has 6 nitrogen and oxygen atoms in total. The minimum atomic E-state index is -0.0298. The Labute approximate surface area is 169 Å². The molecule has 0 aliphatic carbocycles. The van der Waals surface area contributed by atoms with Gasteiger partial charge in [0.1, 0.15) is 0 Å². The molecule has 0 unspecified atom stereocenters. The molecular weight excluding hydrogens is 378 g/mol. The van der Waals surface area contributed by atoms with E-state index in [2.05, 4.69) is 51.7 Å². The van der Waals surface area contributed by atoms with Crippen molar-refractivity contribution in [3.8, 4) is 0 Å². The van der Waals surface area contributed by atoms with E-state index in [1.807, 2.05) is 12.1 Å². The van der Waals surface area contributed by atoms with Gasteiger partial charge in [0, 0.05) is 31.0 Å². The van der Waals surface area contributed by atoms with E-state index in [4.69, 9.17) is 0 Å². The van der Waals surface area contributed by atoms with Crippen molar-refractivity contribution in [3.05, 3.63) is 24.3 Å². The summed E-state index contributed by atoms with van der Waals surface area (Å²) in [6, 6.07) is 8.14. The molecule has 8 heteroatoms. The molecule has 1 aromatic carbocycles. The summed E-state index contributed by atoms with van der Waals surface area (Å²) < 4.78 is 0.804. The first kappa shape index (κ1) is 19.9. The Morgan fingerprint density at radius 3 is 2.70 bits per heavy atom. The van der Waals surface area contributed by atoms with E-state index >= 15 is 0 Å². The fraction of sp³-hybridized carbons (Fsp3) is 0.526. The third kappa shape index (κ3) is 6.10. The second kappa shape index (κ2) is 9.94. The molecule has 2 heterocycles. The maximum Gasteiger partial charge on any atom is 0.234 e. The van der Waals surface area contributed by atoms with Gasteiger partial charge < -0.3 is 15.5 Å². The first-order valence-electron chi connectivity index (χ1n) is 9.49. The highest BCUT2D eigenvalue weighted by molar-refractivity contribution is 8.01. The molecule has 2 aromatic rings. The lowest BCUT2D eigenvalue weighted by Crippen LogP contribution is -2.32. The minimum Gasteiger partial charge on any atom is -0.372 e. The van der Waals surface area contributed by atoms with Crippen LogP contribution in [0.25, 0.3) is 0 Å². The van der Waals surface area contributed by atoms with Crippen LogP contribution in [0.15, 0.2) is 28.6 Å². The van der Waals surface area contributed by atoms with Crippen LogP contribution in [0.4, 0.5) is 16.5 Å². The molecule has 1 aromatic heterocycles. The molecule has 3 rings (SSSR count). The van der Waals surface area contributed by atoms with Crippen LogP contribution in [-0.4, -0.2) is 41.5 Å². The Bertz CT molecular complexity index is 726. The number of nitrogens with zero attached hydrogens (tertiary/aromatic N) is 3. The maximum atomic E-state index is 12.2. The van der Waals surface area contributed by atoms with Crippen molar-refractivity contribution in [1.29, 1.82) is 0 Å². The van der Waals surface area contributed by atoms with E-state index in [0.29, 0.717) is 5.75 Å². The summed E-state index contributed by atoms with van der Waals surface area (Å²) in [5.74, 6) is 1.12. The van der Waals surface area contributed by atoms with Crippen molar-refractivity contribution < 1.29 is 4.79 Å². The molecule has 0 bridgehead atoms. The first-order chi connectivity index (χ1) is 13.1. The van der Waals surface area contributed by atoms with Crippen LogP contribution in [0.3, 0.4) is 0 Å². The van der Waals surface area contributed by atoms with Gasteiger partial charge in [-0.1, -0.05) is 36.9 Å². The quantitative estimate of drug-likeness (QED) is 0.637. The Morgan fingerprint density at radius 1 is 1.26 bits per heavy atom. The number of aromatic nitrogens is 2. The van der Waals surface area contributed by atoms with Crippen LogP contribution in [0.1, 0.15) is 33.1 Å². The normalized spacial score (nSPS) is 15.0. The summed E-state index contributed by atoms with van der Waals surface area (Å²) in [5.41, 5.74) is 2.06. The lowest BCUT2D eigenvalue weighted by Gasteiger charge is -2.32. The van der Waals surface area contributed by atoms with Gasteiger partial charge in [-0.25, -0.2) is 0 Å². The predicted octanol–water partition coefficient (Wildman–Crippen LogP) is 4.33. The highest BCUT2D eigenvalue weighted by atomic mass is 32.2. The van der Waals surface area contributed by atoms with Crippen LogP contribution < -0.4 is 15.5 Å². The second-order valence-electron chi connectivity index (χ2n) is 6.85. The lowest BCUT2D eigenvalue weighted by atomic mass is 9.99. The molecule has 0 saturated carbocycles. The maximum absolute atomic E-state index is 12.2. The van der Waals surface area contributed by atoms with Gasteiger partial charge in [-0.2, -0.15) is 0 Å². The monoisotopic (exact) mass is 405 g/mol. The van der Waals surface area contributed by atoms with Gasteiger partial charge in [0.25, 0.3) is 0 Å². The van der Waals surface area contributed by atoms with Gasteiger partial charge in [0.15, 0.2) is 4.34 Å². The van der Waals surface area contributed by atoms with Crippen molar-refractivity contribution in [2.45, 2.75) is 37.4 Å². The average molecular weight is 406 g/mol. The van der Waals surface area contributed by atoms with E-state index in [0.717, 1.165) is 47.1 Å². The molecular formula is C19H27N5OS2. The number of carbonyl (C=O) groups excluding carboxylic acids is 1. The molecule has 0 spiro atoms. The number of rotatable bonds is 8. The van der Waals surface area contributed by atoms with Crippen LogP contribution in [-0.2, 0) is 4.79 Å². The van der Waals surface area contributed by atoms with Gasteiger partial charge in [0.05, 0.1) is 5.75 Å². The third-order valence-corrected chi connectivity index (χ3v) is 6.57. The zero-order chi connectivity index (χ0) is 19.1. The minimum absolute atomic E-state index is 0.0298. The summed E-state index contributed by atoms with van der Waals surface area (Å²) in [7, 11) is 0. The van der Waals surface area contributed by atoms with Crippen LogP contribution in [0, 0.1) is 5.92 Å². The van der Waals surface area contributed by atoms with Gasteiger partial charge in [0.2, 0.25) is 11.0 Å². The average Bonchev–Trinajstić information content (AvgIpc) is 3.14. The van der Waals surface area contributed by atoms with Crippen molar-refractivity contribution in [2.75, 3.05) is 40.9 Å². The van der Waals surface area contributed by atoms with Crippen molar-refractivity contribution >= 4 is 45.5 Å². The van der Waals surface area contributed by atoms with Crippen LogP contribution in [0.5, 0.6) is 0 Å². The summed E-state index contributed by atoms with van der Waals surface area (Å²) in [6.45, 7) is 7.53. The Kier molecular flexibility index (Phi) is 7.34. The van der Waals surface area contributed by atoms with Gasteiger partial charge >= 0.3 is 0 Å². The van der Waals surface area contributed by atoms with Crippen molar-refractivity contribution in [1.82, 2.24) is 10.2 Å². The molecule has 1 amide bonds. The van der Waals surface area contributed by atoms with Gasteiger partial charge in [-0.15, -0.1) is 10.2 Å². The zero-order valence-electron chi connectivity index (χ0n) is 15.9. The lowest BCUT2D eigenvalue weighted by molar-refractivity contribution is -0.113.